The lowest BCUT2D eigenvalue weighted by molar-refractivity contribution is -0.141. The summed E-state index contributed by atoms with van der Waals surface area (Å²) in [5.41, 5.74) is -0.554. The fourth-order valence-electron chi connectivity index (χ4n) is 1.59. The number of carbonyl (C=O) groups excluding carboxylic acids is 2. The Hall–Kier alpha value is -1.52. The van der Waals surface area contributed by atoms with Crippen molar-refractivity contribution in [2.24, 2.45) is 0 Å². The van der Waals surface area contributed by atoms with Crippen LogP contribution in [-0.4, -0.2) is 29.8 Å². The Balaban J connectivity index is 2.52. The van der Waals surface area contributed by atoms with Crippen molar-refractivity contribution in [1.82, 2.24) is 5.32 Å². The van der Waals surface area contributed by atoms with E-state index < -0.39 is 11.7 Å². The van der Waals surface area contributed by atoms with Gasteiger partial charge in [-0.1, -0.05) is 6.08 Å². The summed E-state index contributed by atoms with van der Waals surface area (Å²) in [6.45, 7) is 8.93. The molecule has 1 N–H and O–H groups in total. The molecular formula is C12H19NO4. The van der Waals surface area contributed by atoms with Crippen LogP contribution in [0.15, 0.2) is 12.7 Å². The maximum Gasteiger partial charge on any atom is 0.408 e. The molecule has 0 aliphatic carbocycles. The number of carbonyl (C=O) groups is 2. The maximum absolute atomic E-state index is 11.5. The first-order valence-electron chi connectivity index (χ1n) is 5.61. The van der Waals surface area contributed by atoms with Gasteiger partial charge in [-0.2, -0.15) is 0 Å². The molecular weight excluding hydrogens is 222 g/mol. The lowest BCUT2D eigenvalue weighted by Crippen LogP contribution is -2.43. The van der Waals surface area contributed by atoms with Crippen molar-refractivity contribution in [3.63, 3.8) is 0 Å². The fraction of sp³-hybridized carbons (Fsp3) is 0.667. The van der Waals surface area contributed by atoms with E-state index in [2.05, 4.69) is 11.9 Å². The SMILES string of the molecule is C=CCC1OC(=O)CC1NC(=O)OC(C)(C)C. The molecule has 0 saturated carbocycles. The van der Waals surface area contributed by atoms with Crippen LogP contribution in [0.4, 0.5) is 4.79 Å². The molecule has 0 bridgehead atoms. The van der Waals surface area contributed by atoms with Crippen molar-refractivity contribution in [1.29, 1.82) is 0 Å². The van der Waals surface area contributed by atoms with E-state index in [0.29, 0.717) is 6.42 Å². The molecule has 1 amide bonds. The van der Waals surface area contributed by atoms with Crippen LogP contribution in [0.5, 0.6) is 0 Å². The molecule has 0 spiro atoms. The van der Waals surface area contributed by atoms with Crippen LogP contribution in [0.25, 0.3) is 0 Å². The van der Waals surface area contributed by atoms with E-state index in [4.69, 9.17) is 9.47 Å². The van der Waals surface area contributed by atoms with Crippen LogP contribution in [0.2, 0.25) is 0 Å². The molecule has 1 saturated heterocycles. The normalized spacial score (nSPS) is 24.1. The fourth-order valence-corrected chi connectivity index (χ4v) is 1.59. The van der Waals surface area contributed by atoms with Crippen LogP contribution in [0.1, 0.15) is 33.6 Å². The van der Waals surface area contributed by atoms with E-state index in [-0.39, 0.29) is 24.5 Å². The molecule has 96 valence electrons. The van der Waals surface area contributed by atoms with Gasteiger partial charge in [-0.3, -0.25) is 4.79 Å². The number of esters is 1. The highest BCUT2D eigenvalue weighted by molar-refractivity contribution is 5.75. The standard InChI is InChI=1S/C12H19NO4/c1-5-6-9-8(7-10(14)16-9)13-11(15)17-12(2,3)4/h5,8-9H,1,6-7H2,2-4H3,(H,13,15). The van der Waals surface area contributed by atoms with Crippen LogP contribution >= 0.6 is 0 Å². The smallest absolute Gasteiger partial charge is 0.408 e. The van der Waals surface area contributed by atoms with Crippen LogP contribution < -0.4 is 5.32 Å². The first-order valence-corrected chi connectivity index (χ1v) is 5.61. The summed E-state index contributed by atoms with van der Waals surface area (Å²) < 4.78 is 10.2. The molecule has 0 aromatic heterocycles. The Kier molecular flexibility index (Phi) is 4.15. The predicted octanol–water partition coefficient (Wildman–Crippen LogP) is 1.77. The largest absolute Gasteiger partial charge is 0.460 e. The number of hydrogen-bond donors (Lipinski definition) is 1. The van der Waals surface area contributed by atoms with E-state index in [9.17, 15) is 9.59 Å². The lowest BCUT2D eigenvalue weighted by atomic mass is 10.1. The average Bonchev–Trinajstić information content (AvgIpc) is 2.43. The van der Waals surface area contributed by atoms with Crippen LogP contribution in [0.3, 0.4) is 0 Å². The van der Waals surface area contributed by atoms with Gasteiger partial charge < -0.3 is 14.8 Å². The molecule has 5 nitrogen and oxygen atoms in total. The first-order chi connectivity index (χ1) is 7.81. The zero-order valence-electron chi connectivity index (χ0n) is 10.5. The second kappa shape index (κ2) is 5.21. The molecule has 1 aliphatic rings. The highest BCUT2D eigenvalue weighted by atomic mass is 16.6. The number of amides is 1. The van der Waals surface area contributed by atoms with Gasteiger partial charge in [0.25, 0.3) is 0 Å². The van der Waals surface area contributed by atoms with E-state index in [0.717, 1.165) is 0 Å². The van der Waals surface area contributed by atoms with Crippen molar-refractivity contribution < 1.29 is 19.1 Å². The molecule has 1 aliphatic heterocycles. The van der Waals surface area contributed by atoms with Gasteiger partial charge in [-0.25, -0.2) is 4.79 Å². The summed E-state index contributed by atoms with van der Waals surface area (Å²) in [7, 11) is 0. The van der Waals surface area contributed by atoms with E-state index >= 15 is 0 Å². The number of nitrogens with one attached hydrogen (secondary N) is 1. The van der Waals surface area contributed by atoms with E-state index in [1.807, 2.05) is 0 Å². The minimum Gasteiger partial charge on any atom is -0.460 e. The highest BCUT2D eigenvalue weighted by Crippen LogP contribution is 2.19. The van der Waals surface area contributed by atoms with Crippen LogP contribution in [0, 0.1) is 0 Å². The highest BCUT2D eigenvalue weighted by Gasteiger charge is 2.35. The first kappa shape index (κ1) is 13.5. The number of cyclic esters (lactones) is 1. The maximum atomic E-state index is 11.5. The average molecular weight is 241 g/mol. The van der Waals surface area contributed by atoms with Gasteiger partial charge in [-0.05, 0) is 20.8 Å². The Morgan fingerprint density at radius 3 is 2.82 bits per heavy atom. The zero-order chi connectivity index (χ0) is 13.1. The predicted molar refractivity (Wildman–Crippen MR) is 62.5 cm³/mol. The van der Waals surface area contributed by atoms with E-state index in [1.165, 1.54) is 0 Å². The van der Waals surface area contributed by atoms with Crippen molar-refractivity contribution in [3.8, 4) is 0 Å². The van der Waals surface area contributed by atoms with Gasteiger partial charge in [0.05, 0.1) is 12.5 Å². The van der Waals surface area contributed by atoms with Gasteiger partial charge in [0.2, 0.25) is 0 Å². The molecule has 2 unspecified atom stereocenters. The van der Waals surface area contributed by atoms with E-state index in [1.54, 1.807) is 26.8 Å². The molecule has 0 aromatic carbocycles. The number of hydrogen-bond acceptors (Lipinski definition) is 4. The summed E-state index contributed by atoms with van der Waals surface area (Å²) in [6, 6.07) is -0.338. The summed E-state index contributed by atoms with van der Waals surface area (Å²) in [4.78, 5) is 22.7. The van der Waals surface area contributed by atoms with Crippen LogP contribution in [-0.2, 0) is 14.3 Å². The van der Waals surface area contributed by atoms with Crippen molar-refractivity contribution >= 4 is 12.1 Å². The van der Waals surface area contributed by atoms with Gasteiger partial charge in [-0.15, -0.1) is 6.58 Å². The lowest BCUT2D eigenvalue weighted by Gasteiger charge is -2.23. The van der Waals surface area contributed by atoms with Gasteiger partial charge in [0.1, 0.15) is 11.7 Å². The summed E-state index contributed by atoms with van der Waals surface area (Å²) in [6.07, 6.45) is 1.49. The molecule has 0 aromatic rings. The van der Waals surface area contributed by atoms with Gasteiger partial charge in [0.15, 0.2) is 0 Å². The number of alkyl carbamates (subject to hydrolysis) is 1. The summed E-state index contributed by atoms with van der Waals surface area (Å²) in [5.74, 6) is -0.307. The summed E-state index contributed by atoms with van der Waals surface area (Å²) in [5, 5.41) is 2.65. The zero-order valence-corrected chi connectivity index (χ0v) is 10.5. The molecule has 17 heavy (non-hydrogen) atoms. The monoisotopic (exact) mass is 241 g/mol. The molecule has 1 rings (SSSR count). The Bertz CT molecular complexity index is 319. The third kappa shape index (κ3) is 4.46. The third-order valence-electron chi connectivity index (χ3n) is 2.22. The molecule has 2 atom stereocenters. The molecule has 5 heteroatoms. The number of rotatable bonds is 3. The molecule has 1 heterocycles. The number of ether oxygens (including phenoxy) is 2. The minimum atomic E-state index is -0.554. The Morgan fingerprint density at radius 1 is 1.65 bits per heavy atom. The van der Waals surface area contributed by atoms with Crippen molar-refractivity contribution in [2.75, 3.05) is 0 Å². The quantitative estimate of drug-likeness (QED) is 0.604. The second-order valence-corrected chi connectivity index (χ2v) is 5.01. The third-order valence-corrected chi connectivity index (χ3v) is 2.22. The Morgan fingerprint density at radius 2 is 2.29 bits per heavy atom. The second-order valence-electron chi connectivity index (χ2n) is 5.01. The molecule has 1 fully saturated rings. The minimum absolute atomic E-state index is 0.178. The Labute approximate surface area is 101 Å². The van der Waals surface area contributed by atoms with Gasteiger partial charge in [0, 0.05) is 6.42 Å². The van der Waals surface area contributed by atoms with Crippen molar-refractivity contribution in [2.45, 2.75) is 51.4 Å². The summed E-state index contributed by atoms with van der Waals surface area (Å²) >= 11 is 0. The van der Waals surface area contributed by atoms with Gasteiger partial charge >= 0.3 is 12.1 Å². The topological polar surface area (TPSA) is 64.6 Å². The molecule has 0 radical (unpaired) electrons. The van der Waals surface area contributed by atoms with Crippen molar-refractivity contribution in [3.05, 3.63) is 12.7 Å².